The number of hydrogen-bond donors (Lipinski definition) is 1. The molecule has 0 aliphatic rings. The highest BCUT2D eigenvalue weighted by Crippen LogP contribution is 2.29. The molecule has 0 aliphatic carbocycles. The van der Waals surface area contributed by atoms with E-state index in [0.717, 1.165) is 31.5 Å². The molecule has 5 nitrogen and oxygen atoms in total. The van der Waals surface area contributed by atoms with Gasteiger partial charge in [-0.05, 0) is 31.0 Å². The molecular formula is C15H15N3O2. The van der Waals surface area contributed by atoms with Crippen molar-refractivity contribution in [3.05, 3.63) is 40.6 Å². The van der Waals surface area contributed by atoms with E-state index in [9.17, 15) is 10.1 Å². The SMILES string of the molecule is C#CCCCCNc1ccc([N+](=O)[O-])c2cccnc12. The first-order chi connectivity index (χ1) is 9.74. The van der Waals surface area contributed by atoms with Gasteiger partial charge in [0.15, 0.2) is 0 Å². The summed E-state index contributed by atoms with van der Waals surface area (Å²) in [5, 5.41) is 14.8. The van der Waals surface area contributed by atoms with Gasteiger partial charge >= 0.3 is 0 Å². The Balaban J connectivity index is 2.21. The lowest BCUT2D eigenvalue weighted by atomic mass is 10.1. The van der Waals surface area contributed by atoms with Crippen LogP contribution in [0.4, 0.5) is 11.4 Å². The zero-order valence-electron chi connectivity index (χ0n) is 11.0. The molecule has 1 aromatic carbocycles. The molecule has 0 saturated carbocycles. The van der Waals surface area contributed by atoms with Crippen LogP contribution in [-0.4, -0.2) is 16.5 Å². The number of nitro benzene ring substituents is 1. The number of anilines is 1. The number of hydrogen-bond acceptors (Lipinski definition) is 4. The number of nitrogens with one attached hydrogen (secondary N) is 1. The van der Waals surface area contributed by atoms with Crippen molar-refractivity contribution in [2.75, 3.05) is 11.9 Å². The third-order valence-electron chi connectivity index (χ3n) is 3.01. The molecule has 2 aromatic rings. The van der Waals surface area contributed by atoms with Crippen molar-refractivity contribution in [3.8, 4) is 12.3 Å². The molecule has 1 aromatic heterocycles. The fraction of sp³-hybridized carbons (Fsp3) is 0.267. The molecule has 0 spiro atoms. The van der Waals surface area contributed by atoms with Crippen molar-refractivity contribution in [2.45, 2.75) is 19.3 Å². The van der Waals surface area contributed by atoms with Crippen molar-refractivity contribution in [3.63, 3.8) is 0 Å². The summed E-state index contributed by atoms with van der Waals surface area (Å²) in [5.41, 5.74) is 1.51. The summed E-state index contributed by atoms with van der Waals surface area (Å²) in [7, 11) is 0. The summed E-state index contributed by atoms with van der Waals surface area (Å²) in [6.07, 6.45) is 9.51. The highest BCUT2D eigenvalue weighted by molar-refractivity contribution is 5.96. The number of pyridine rings is 1. The number of fused-ring (bicyclic) bond motifs is 1. The van der Waals surface area contributed by atoms with Gasteiger partial charge in [-0.15, -0.1) is 12.3 Å². The van der Waals surface area contributed by atoms with E-state index in [2.05, 4.69) is 16.2 Å². The van der Waals surface area contributed by atoms with Crippen LogP contribution in [0.1, 0.15) is 19.3 Å². The number of non-ortho nitro benzene ring substituents is 1. The summed E-state index contributed by atoms with van der Waals surface area (Å²) >= 11 is 0. The third-order valence-corrected chi connectivity index (χ3v) is 3.01. The Morgan fingerprint density at radius 1 is 1.35 bits per heavy atom. The number of aromatic nitrogens is 1. The first-order valence-electron chi connectivity index (χ1n) is 6.43. The molecule has 1 heterocycles. The minimum Gasteiger partial charge on any atom is -0.383 e. The lowest BCUT2D eigenvalue weighted by Gasteiger charge is -2.08. The maximum absolute atomic E-state index is 11.0. The van der Waals surface area contributed by atoms with Gasteiger partial charge in [0, 0.05) is 25.2 Å². The van der Waals surface area contributed by atoms with Gasteiger partial charge in [0.05, 0.1) is 16.0 Å². The predicted molar refractivity (Wildman–Crippen MR) is 79.6 cm³/mol. The van der Waals surface area contributed by atoms with Crippen LogP contribution in [0.15, 0.2) is 30.5 Å². The second-order valence-corrected chi connectivity index (χ2v) is 4.38. The van der Waals surface area contributed by atoms with E-state index < -0.39 is 0 Å². The van der Waals surface area contributed by atoms with E-state index in [-0.39, 0.29) is 10.6 Å². The van der Waals surface area contributed by atoms with Crippen molar-refractivity contribution < 1.29 is 4.92 Å². The molecule has 0 fully saturated rings. The summed E-state index contributed by atoms with van der Waals surface area (Å²) < 4.78 is 0. The maximum Gasteiger partial charge on any atom is 0.278 e. The van der Waals surface area contributed by atoms with Crippen LogP contribution < -0.4 is 5.32 Å². The lowest BCUT2D eigenvalue weighted by Crippen LogP contribution is -2.03. The van der Waals surface area contributed by atoms with Gasteiger partial charge in [-0.25, -0.2) is 0 Å². The first kappa shape index (κ1) is 13.8. The molecule has 20 heavy (non-hydrogen) atoms. The second-order valence-electron chi connectivity index (χ2n) is 4.38. The number of rotatable bonds is 6. The fourth-order valence-electron chi connectivity index (χ4n) is 2.03. The number of unbranched alkanes of at least 4 members (excludes halogenated alkanes) is 2. The van der Waals surface area contributed by atoms with Crippen LogP contribution in [-0.2, 0) is 0 Å². The normalized spacial score (nSPS) is 10.2. The van der Waals surface area contributed by atoms with Crippen molar-refractivity contribution >= 4 is 22.3 Å². The molecule has 102 valence electrons. The first-order valence-corrected chi connectivity index (χ1v) is 6.43. The number of benzene rings is 1. The standard InChI is InChI=1S/C15H15N3O2/c1-2-3-4-5-10-16-13-8-9-14(18(19)20)12-7-6-11-17-15(12)13/h1,6-9,11,16H,3-5,10H2. The molecule has 2 rings (SSSR count). The van der Waals surface area contributed by atoms with Crippen LogP contribution in [0.2, 0.25) is 0 Å². The Bertz CT molecular complexity index is 662. The van der Waals surface area contributed by atoms with E-state index in [4.69, 9.17) is 6.42 Å². The Morgan fingerprint density at radius 3 is 2.95 bits per heavy atom. The summed E-state index contributed by atoms with van der Waals surface area (Å²) in [6, 6.07) is 6.62. The minimum absolute atomic E-state index is 0.0750. The average molecular weight is 269 g/mol. The van der Waals surface area contributed by atoms with Gasteiger partial charge in [-0.3, -0.25) is 15.1 Å². The third kappa shape index (κ3) is 3.04. The Kier molecular flexibility index (Phi) is 4.51. The van der Waals surface area contributed by atoms with E-state index in [1.165, 1.54) is 6.07 Å². The van der Waals surface area contributed by atoms with Crippen LogP contribution in [0.25, 0.3) is 10.9 Å². The molecule has 0 unspecified atom stereocenters. The van der Waals surface area contributed by atoms with Gasteiger partial charge in [0.25, 0.3) is 5.69 Å². The van der Waals surface area contributed by atoms with E-state index in [0.29, 0.717) is 10.9 Å². The summed E-state index contributed by atoms with van der Waals surface area (Å²) in [5.74, 6) is 2.60. The van der Waals surface area contributed by atoms with Crippen LogP contribution in [0.3, 0.4) is 0 Å². The zero-order valence-corrected chi connectivity index (χ0v) is 11.0. The monoisotopic (exact) mass is 269 g/mol. The Morgan fingerprint density at radius 2 is 2.20 bits per heavy atom. The van der Waals surface area contributed by atoms with Gasteiger partial charge in [0.1, 0.15) is 5.52 Å². The quantitative estimate of drug-likeness (QED) is 0.378. The average Bonchev–Trinajstić information content (AvgIpc) is 2.46. The van der Waals surface area contributed by atoms with Gasteiger partial charge < -0.3 is 5.32 Å². The van der Waals surface area contributed by atoms with Gasteiger partial charge in [0.2, 0.25) is 0 Å². The van der Waals surface area contributed by atoms with Crippen LogP contribution >= 0.6 is 0 Å². The van der Waals surface area contributed by atoms with Gasteiger partial charge in [-0.2, -0.15) is 0 Å². The lowest BCUT2D eigenvalue weighted by molar-refractivity contribution is -0.383. The minimum atomic E-state index is -0.388. The Labute approximate surface area is 117 Å². The number of terminal acetylenes is 1. The predicted octanol–water partition coefficient (Wildman–Crippen LogP) is 3.36. The molecular weight excluding hydrogens is 254 g/mol. The molecule has 0 amide bonds. The number of nitro groups is 1. The van der Waals surface area contributed by atoms with E-state index in [1.54, 1.807) is 24.4 Å². The molecule has 0 saturated heterocycles. The highest BCUT2D eigenvalue weighted by atomic mass is 16.6. The van der Waals surface area contributed by atoms with Crippen LogP contribution in [0.5, 0.6) is 0 Å². The maximum atomic E-state index is 11.0. The number of nitrogens with zero attached hydrogens (tertiary/aromatic N) is 2. The largest absolute Gasteiger partial charge is 0.383 e. The molecule has 0 aliphatic heterocycles. The molecule has 0 radical (unpaired) electrons. The van der Waals surface area contributed by atoms with Crippen molar-refractivity contribution in [1.29, 1.82) is 0 Å². The van der Waals surface area contributed by atoms with E-state index >= 15 is 0 Å². The van der Waals surface area contributed by atoms with E-state index in [1.807, 2.05) is 0 Å². The highest BCUT2D eigenvalue weighted by Gasteiger charge is 2.14. The van der Waals surface area contributed by atoms with Gasteiger partial charge in [-0.1, -0.05) is 0 Å². The zero-order chi connectivity index (χ0) is 14.4. The topological polar surface area (TPSA) is 68.1 Å². The molecule has 5 heteroatoms. The van der Waals surface area contributed by atoms with Crippen molar-refractivity contribution in [1.82, 2.24) is 4.98 Å². The fourth-order valence-corrected chi connectivity index (χ4v) is 2.03. The van der Waals surface area contributed by atoms with Crippen LogP contribution in [0, 0.1) is 22.5 Å². The molecule has 1 N–H and O–H groups in total. The second kappa shape index (κ2) is 6.53. The summed E-state index contributed by atoms with van der Waals surface area (Å²) in [4.78, 5) is 14.8. The van der Waals surface area contributed by atoms with Crippen molar-refractivity contribution in [2.24, 2.45) is 0 Å². The smallest absolute Gasteiger partial charge is 0.278 e. The Hall–Kier alpha value is -2.61. The summed E-state index contributed by atoms with van der Waals surface area (Å²) in [6.45, 7) is 0.769. The molecule has 0 bridgehead atoms. The molecule has 0 atom stereocenters.